The van der Waals surface area contributed by atoms with Gasteiger partial charge in [0, 0.05) is 25.0 Å². The van der Waals surface area contributed by atoms with E-state index in [1.807, 2.05) is 20.8 Å². The summed E-state index contributed by atoms with van der Waals surface area (Å²) in [6.45, 7) is 6.35. The van der Waals surface area contributed by atoms with Crippen LogP contribution in [0.4, 0.5) is 9.18 Å². The lowest BCUT2D eigenvalue weighted by Crippen LogP contribution is -2.50. The molecule has 1 heterocycles. The molecule has 0 saturated carbocycles. The molecule has 2 N–H and O–H groups in total. The third-order valence-corrected chi connectivity index (χ3v) is 3.48. The number of benzene rings is 1. The Bertz CT molecular complexity index is 513. The lowest BCUT2D eigenvalue weighted by molar-refractivity contribution is 0.0179. The van der Waals surface area contributed by atoms with E-state index in [0.29, 0.717) is 25.1 Å². The third kappa shape index (κ3) is 4.17. The number of amides is 1. The Hall–Kier alpha value is -1.62. The maximum absolute atomic E-state index is 13.9. The summed E-state index contributed by atoms with van der Waals surface area (Å²) in [5.74, 6) is -0.344. The Labute approximate surface area is 125 Å². The molecule has 0 spiro atoms. The number of rotatable bonds is 1. The molecule has 0 aromatic heterocycles. The molecule has 1 aromatic carbocycles. The van der Waals surface area contributed by atoms with Crippen LogP contribution in [-0.4, -0.2) is 35.7 Å². The second-order valence-corrected chi connectivity index (χ2v) is 6.60. The first-order valence-corrected chi connectivity index (χ1v) is 7.24. The highest BCUT2D eigenvalue weighted by atomic mass is 19.1. The van der Waals surface area contributed by atoms with E-state index < -0.39 is 5.60 Å². The van der Waals surface area contributed by atoms with Gasteiger partial charge in [-0.1, -0.05) is 18.2 Å². The third-order valence-electron chi connectivity index (χ3n) is 3.48. The first-order valence-electron chi connectivity index (χ1n) is 7.24. The van der Waals surface area contributed by atoms with Gasteiger partial charge in [0.05, 0.1) is 0 Å². The van der Waals surface area contributed by atoms with Crippen molar-refractivity contribution in [2.75, 3.05) is 13.1 Å². The van der Waals surface area contributed by atoms with Gasteiger partial charge in [0.25, 0.3) is 0 Å². The van der Waals surface area contributed by atoms with Crippen molar-refractivity contribution in [3.05, 3.63) is 35.6 Å². The number of piperidine rings is 1. The van der Waals surface area contributed by atoms with Crippen LogP contribution in [0.15, 0.2) is 24.3 Å². The molecule has 116 valence electrons. The second kappa shape index (κ2) is 6.02. The maximum atomic E-state index is 13.9. The van der Waals surface area contributed by atoms with Crippen molar-refractivity contribution in [2.45, 2.75) is 44.8 Å². The first kappa shape index (κ1) is 15.8. The van der Waals surface area contributed by atoms with Gasteiger partial charge in [-0.3, -0.25) is 0 Å². The second-order valence-electron chi connectivity index (χ2n) is 6.60. The largest absolute Gasteiger partial charge is 0.444 e. The van der Waals surface area contributed by atoms with E-state index in [-0.39, 0.29) is 23.9 Å². The van der Waals surface area contributed by atoms with Crippen LogP contribution in [0.1, 0.15) is 38.7 Å². The summed E-state index contributed by atoms with van der Waals surface area (Å²) in [6.07, 6.45) is 0.277. The predicted molar refractivity (Wildman–Crippen MR) is 79.5 cm³/mol. The molecule has 1 saturated heterocycles. The van der Waals surface area contributed by atoms with Crippen LogP contribution in [0.25, 0.3) is 0 Å². The van der Waals surface area contributed by atoms with Gasteiger partial charge in [0.2, 0.25) is 0 Å². The Morgan fingerprint density at radius 3 is 2.62 bits per heavy atom. The number of nitrogens with zero attached hydrogens (tertiary/aromatic N) is 1. The number of carbonyl (C=O) groups excluding carboxylic acids is 1. The minimum Gasteiger partial charge on any atom is -0.444 e. The van der Waals surface area contributed by atoms with Crippen LogP contribution in [-0.2, 0) is 4.74 Å². The number of carbonyl (C=O) groups is 1. The van der Waals surface area contributed by atoms with Crippen LogP contribution < -0.4 is 5.73 Å². The van der Waals surface area contributed by atoms with Crippen LogP contribution in [0.2, 0.25) is 0 Å². The summed E-state index contributed by atoms with van der Waals surface area (Å²) in [5, 5.41) is 0. The molecule has 0 aliphatic carbocycles. The van der Waals surface area contributed by atoms with Gasteiger partial charge in [0.1, 0.15) is 11.4 Å². The minimum atomic E-state index is -0.549. The van der Waals surface area contributed by atoms with Gasteiger partial charge in [-0.25, -0.2) is 9.18 Å². The van der Waals surface area contributed by atoms with Crippen molar-refractivity contribution in [1.82, 2.24) is 4.90 Å². The molecule has 4 nitrogen and oxygen atoms in total. The fraction of sp³-hybridized carbons (Fsp3) is 0.562. The van der Waals surface area contributed by atoms with Crippen LogP contribution in [0.3, 0.4) is 0 Å². The molecule has 2 atom stereocenters. The summed E-state index contributed by atoms with van der Waals surface area (Å²) in [4.78, 5) is 13.8. The molecule has 5 heteroatoms. The van der Waals surface area contributed by atoms with Crippen LogP contribution >= 0.6 is 0 Å². The van der Waals surface area contributed by atoms with Crippen LogP contribution in [0, 0.1) is 5.82 Å². The summed E-state index contributed by atoms with van der Waals surface area (Å²) in [6, 6.07) is 6.48. The van der Waals surface area contributed by atoms with Crippen molar-refractivity contribution < 1.29 is 13.9 Å². The number of likely N-dealkylation sites (tertiary alicyclic amines) is 1. The molecule has 0 bridgehead atoms. The normalized spacial score (nSPS) is 23.0. The summed E-state index contributed by atoms with van der Waals surface area (Å²) in [7, 11) is 0. The van der Waals surface area contributed by atoms with Gasteiger partial charge < -0.3 is 15.4 Å². The van der Waals surface area contributed by atoms with Gasteiger partial charge in [-0.05, 0) is 38.8 Å². The van der Waals surface area contributed by atoms with Gasteiger partial charge in [0.15, 0.2) is 0 Å². The number of nitrogens with two attached hydrogens (primary N) is 1. The molecule has 21 heavy (non-hydrogen) atoms. The predicted octanol–water partition coefficient (Wildman–Crippen LogP) is 2.88. The summed E-state index contributed by atoms with van der Waals surface area (Å²) >= 11 is 0. The molecule has 0 radical (unpaired) electrons. The molecule has 1 amide bonds. The van der Waals surface area contributed by atoms with E-state index in [0.717, 1.165) is 0 Å². The number of halogens is 1. The standard InChI is InChI=1S/C16H23FN2O2/c1-16(2,3)21-15(20)19-9-11(8-12(18)10-19)13-6-4-5-7-14(13)17/h4-7,11-12H,8-10,18H2,1-3H3. The van der Waals surface area contributed by atoms with Crippen molar-refractivity contribution in [3.63, 3.8) is 0 Å². The van der Waals surface area contributed by atoms with Crippen molar-refractivity contribution in [2.24, 2.45) is 5.73 Å². The number of hydrogen-bond donors (Lipinski definition) is 1. The lowest BCUT2D eigenvalue weighted by atomic mass is 9.88. The molecule has 1 aliphatic rings. The zero-order chi connectivity index (χ0) is 15.6. The van der Waals surface area contributed by atoms with E-state index in [1.54, 1.807) is 23.1 Å². The first-order chi connectivity index (χ1) is 9.76. The number of hydrogen-bond acceptors (Lipinski definition) is 3. The topological polar surface area (TPSA) is 55.6 Å². The Morgan fingerprint density at radius 2 is 2.00 bits per heavy atom. The quantitative estimate of drug-likeness (QED) is 0.866. The van der Waals surface area contributed by atoms with Crippen molar-refractivity contribution in [1.29, 1.82) is 0 Å². The Kier molecular flexibility index (Phi) is 4.52. The molecule has 1 aliphatic heterocycles. The average Bonchev–Trinajstić information content (AvgIpc) is 2.36. The average molecular weight is 294 g/mol. The molecular weight excluding hydrogens is 271 g/mol. The fourth-order valence-electron chi connectivity index (χ4n) is 2.65. The van der Waals surface area contributed by atoms with E-state index in [9.17, 15) is 9.18 Å². The Balaban J connectivity index is 2.13. The summed E-state index contributed by atoms with van der Waals surface area (Å²) in [5.41, 5.74) is 6.10. The SMILES string of the molecule is CC(C)(C)OC(=O)N1CC(N)CC(c2ccccc2F)C1. The van der Waals surface area contributed by atoms with E-state index in [1.165, 1.54) is 6.07 Å². The monoisotopic (exact) mass is 294 g/mol. The van der Waals surface area contributed by atoms with E-state index in [2.05, 4.69) is 0 Å². The van der Waals surface area contributed by atoms with E-state index in [4.69, 9.17) is 10.5 Å². The molecule has 2 rings (SSSR count). The summed E-state index contributed by atoms with van der Waals surface area (Å²) < 4.78 is 19.3. The van der Waals surface area contributed by atoms with Gasteiger partial charge >= 0.3 is 6.09 Å². The zero-order valence-corrected chi connectivity index (χ0v) is 12.8. The lowest BCUT2D eigenvalue weighted by Gasteiger charge is -2.37. The van der Waals surface area contributed by atoms with Gasteiger partial charge in [-0.15, -0.1) is 0 Å². The highest BCUT2D eigenvalue weighted by Crippen LogP contribution is 2.29. The molecule has 1 fully saturated rings. The van der Waals surface area contributed by atoms with Crippen molar-refractivity contribution in [3.8, 4) is 0 Å². The molecule has 2 unspecified atom stereocenters. The highest BCUT2D eigenvalue weighted by Gasteiger charge is 2.32. The Morgan fingerprint density at radius 1 is 1.33 bits per heavy atom. The zero-order valence-electron chi connectivity index (χ0n) is 12.8. The smallest absolute Gasteiger partial charge is 0.410 e. The van der Waals surface area contributed by atoms with Crippen LogP contribution in [0.5, 0.6) is 0 Å². The minimum absolute atomic E-state index is 0.0949. The molecular formula is C16H23FN2O2. The fourth-order valence-corrected chi connectivity index (χ4v) is 2.65. The van der Waals surface area contributed by atoms with Gasteiger partial charge in [-0.2, -0.15) is 0 Å². The maximum Gasteiger partial charge on any atom is 0.410 e. The van der Waals surface area contributed by atoms with E-state index >= 15 is 0 Å². The number of ether oxygens (including phenoxy) is 1. The van der Waals surface area contributed by atoms with Crippen molar-refractivity contribution >= 4 is 6.09 Å². The molecule has 1 aromatic rings. The highest BCUT2D eigenvalue weighted by molar-refractivity contribution is 5.68.